The van der Waals surface area contributed by atoms with Gasteiger partial charge in [0.1, 0.15) is 17.7 Å². The van der Waals surface area contributed by atoms with E-state index in [1.807, 2.05) is 94.4 Å². The van der Waals surface area contributed by atoms with Crippen molar-refractivity contribution in [3.05, 3.63) is 77.9 Å². The van der Waals surface area contributed by atoms with Crippen LogP contribution in [0.5, 0.6) is 0 Å². The zero-order valence-electron chi connectivity index (χ0n) is 24.8. The molecule has 0 fully saturated rings. The molecule has 2 unspecified atom stereocenters. The standard InChI is InChI=1S/C33H43N3O4/c1-8-19-36(31(38)28(20-22(2)3)35-32(39)40-33(5,6)7)29(27-16-12-9-13-23(27)4)30(37)34-26-18-17-24-14-10-11-15-25(24)21-26/h9-18,21-22,28-29H,8,19-20H2,1-7H3,(H,34,37)(H,35,39). The van der Waals surface area contributed by atoms with E-state index in [0.29, 0.717) is 25.1 Å². The molecule has 0 aliphatic carbocycles. The Morgan fingerprint density at radius 1 is 0.925 bits per heavy atom. The molecule has 3 amide bonds. The number of benzene rings is 3. The maximum absolute atomic E-state index is 14.2. The number of ether oxygens (including phenoxy) is 1. The molecule has 3 aromatic carbocycles. The van der Waals surface area contributed by atoms with Crippen molar-refractivity contribution in [2.24, 2.45) is 5.92 Å². The Morgan fingerprint density at radius 3 is 2.20 bits per heavy atom. The number of aryl methyl sites for hydroxylation is 1. The summed E-state index contributed by atoms with van der Waals surface area (Å²) in [6.07, 6.45) is 0.388. The minimum absolute atomic E-state index is 0.121. The summed E-state index contributed by atoms with van der Waals surface area (Å²) < 4.78 is 5.47. The molecule has 214 valence electrons. The zero-order valence-corrected chi connectivity index (χ0v) is 24.8. The molecular formula is C33H43N3O4. The molecule has 0 heterocycles. The summed E-state index contributed by atoms with van der Waals surface area (Å²) in [6.45, 7) is 13.6. The van der Waals surface area contributed by atoms with Crippen molar-refractivity contribution in [2.75, 3.05) is 11.9 Å². The topological polar surface area (TPSA) is 87.7 Å². The molecular weight excluding hydrogens is 502 g/mol. The molecule has 0 spiro atoms. The molecule has 0 bridgehead atoms. The van der Waals surface area contributed by atoms with E-state index in [2.05, 4.69) is 10.6 Å². The van der Waals surface area contributed by atoms with Crippen LogP contribution in [0.1, 0.15) is 71.6 Å². The maximum Gasteiger partial charge on any atom is 0.408 e. The van der Waals surface area contributed by atoms with Gasteiger partial charge in [-0.05, 0) is 80.5 Å². The predicted octanol–water partition coefficient (Wildman–Crippen LogP) is 7.01. The Labute approximate surface area is 238 Å². The van der Waals surface area contributed by atoms with Crippen LogP contribution in [0.4, 0.5) is 10.5 Å². The molecule has 2 N–H and O–H groups in total. The van der Waals surface area contributed by atoms with Crippen molar-refractivity contribution in [3.8, 4) is 0 Å². The van der Waals surface area contributed by atoms with Gasteiger partial charge in [0.15, 0.2) is 0 Å². The lowest BCUT2D eigenvalue weighted by molar-refractivity contribution is -0.141. The molecule has 0 saturated heterocycles. The van der Waals surface area contributed by atoms with Crippen LogP contribution >= 0.6 is 0 Å². The molecule has 0 aromatic heterocycles. The van der Waals surface area contributed by atoms with Gasteiger partial charge in [-0.1, -0.05) is 75.4 Å². The number of hydrogen-bond acceptors (Lipinski definition) is 4. The normalized spacial score (nSPS) is 13.0. The van der Waals surface area contributed by atoms with Crippen LogP contribution in [-0.4, -0.2) is 41.0 Å². The van der Waals surface area contributed by atoms with Gasteiger partial charge in [0, 0.05) is 12.2 Å². The van der Waals surface area contributed by atoms with E-state index in [9.17, 15) is 14.4 Å². The second-order valence-corrected chi connectivity index (χ2v) is 11.7. The van der Waals surface area contributed by atoms with Crippen molar-refractivity contribution in [1.82, 2.24) is 10.2 Å². The number of alkyl carbamates (subject to hydrolysis) is 1. The monoisotopic (exact) mass is 545 g/mol. The average Bonchev–Trinajstić information content (AvgIpc) is 2.87. The van der Waals surface area contributed by atoms with E-state index in [4.69, 9.17) is 4.74 Å². The van der Waals surface area contributed by atoms with E-state index >= 15 is 0 Å². The van der Waals surface area contributed by atoms with Gasteiger partial charge >= 0.3 is 6.09 Å². The predicted molar refractivity (Wildman–Crippen MR) is 161 cm³/mol. The Hall–Kier alpha value is -3.87. The lowest BCUT2D eigenvalue weighted by Crippen LogP contribution is -2.53. The molecule has 40 heavy (non-hydrogen) atoms. The van der Waals surface area contributed by atoms with Crippen LogP contribution in [-0.2, 0) is 14.3 Å². The largest absolute Gasteiger partial charge is 0.444 e. The highest BCUT2D eigenvalue weighted by Gasteiger charge is 2.36. The second kappa shape index (κ2) is 13.5. The molecule has 7 nitrogen and oxygen atoms in total. The van der Waals surface area contributed by atoms with Crippen LogP contribution < -0.4 is 10.6 Å². The third-order valence-corrected chi connectivity index (χ3v) is 6.50. The fourth-order valence-corrected chi connectivity index (χ4v) is 4.77. The van der Waals surface area contributed by atoms with Crippen molar-refractivity contribution in [2.45, 2.75) is 79.0 Å². The fraction of sp³-hybridized carbons (Fsp3) is 0.424. The van der Waals surface area contributed by atoms with Crippen LogP contribution in [0.15, 0.2) is 66.7 Å². The third kappa shape index (κ3) is 8.31. The fourth-order valence-electron chi connectivity index (χ4n) is 4.77. The SMILES string of the molecule is CCCN(C(=O)C(CC(C)C)NC(=O)OC(C)(C)C)C(C(=O)Nc1ccc2ccccc2c1)c1ccccc1C. The molecule has 3 aromatic rings. The Balaban J connectivity index is 2.01. The van der Waals surface area contributed by atoms with E-state index in [-0.39, 0.29) is 17.7 Å². The van der Waals surface area contributed by atoms with Crippen molar-refractivity contribution >= 4 is 34.4 Å². The highest BCUT2D eigenvalue weighted by molar-refractivity contribution is 6.00. The Morgan fingerprint density at radius 2 is 1.57 bits per heavy atom. The smallest absolute Gasteiger partial charge is 0.408 e. The molecule has 2 atom stereocenters. The molecule has 0 radical (unpaired) electrons. The first-order chi connectivity index (χ1) is 18.9. The van der Waals surface area contributed by atoms with Gasteiger partial charge in [-0.3, -0.25) is 9.59 Å². The molecule has 0 aliphatic rings. The summed E-state index contributed by atoms with van der Waals surface area (Å²) in [4.78, 5) is 42.6. The Bertz CT molecular complexity index is 1330. The van der Waals surface area contributed by atoms with E-state index < -0.39 is 23.8 Å². The number of anilines is 1. The average molecular weight is 546 g/mol. The van der Waals surface area contributed by atoms with Gasteiger partial charge in [0.25, 0.3) is 5.91 Å². The zero-order chi connectivity index (χ0) is 29.4. The van der Waals surface area contributed by atoms with Crippen LogP contribution in [0, 0.1) is 12.8 Å². The Kier molecular flexibility index (Phi) is 10.3. The summed E-state index contributed by atoms with van der Waals surface area (Å²) in [5.74, 6) is -0.508. The number of nitrogens with one attached hydrogen (secondary N) is 2. The number of amides is 3. The first-order valence-electron chi connectivity index (χ1n) is 14.0. The second-order valence-electron chi connectivity index (χ2n) is 11.7. The van der Waals surface area contributed by atoms with Gasteiger partial charge in [-0.15, -0.1) is 0 Å². The summed E-state index contributed by atoms with van der Waals surface area (Å²) in [6, 6.07) is 19.6. The number of rotatable bonds is 10. The van der Waals surface area contributed by atoms with Crippen molar-refractivity contribution in [3.63, 3.8) is 0 Å². The first kappa shape index (κ1) is 30.7. The van der Waals surface area contributed by atoms with Gasteiger partial charge in [0.2, 0.25) is 5.91 Å². The summed E-state index contributed by atoms with van der Waals surface area (Å²) in [5.41, 5.74) is 1.58. The van der Waals surface area contributed by atoms with Crippen molar-refractivity contribution in [1.29, 1.82) is 0 Å². The van der Waals surface area contributed by atoms with Crippen LogP contribution in [0.25, 0.3) is 10.8 Å². The number of carbonyl (C=O) groups is 3. The minimum Gasteiger partial charge on any atom is -0.444 e. The number of carbonyl (C=O) groups excluding carboxylic acids is 3. The van der Waals surface area contributed by atoms with Crippen LogP contribution in [0.2, 0.25) is 0 Å². The lowest BCUT2D eigenvalue weighted by Gasteiger charge is -2.35. The minimum atomic E-state index is -0.893. The van der Waals surface area contributed by atoms with Gasteiger partial charge in [-0.25, -0.2) is 4.79 Å². The summed E-state index contributed by atoms with van der Waals surface area (Å²) >= 11 is 0. The van der Waals surface area contributed by atoms with Crippen LogP contribution in [0.3, 0.4) is 0 Å². The summed E-state index contributed by atoms with van der Waals surface area (Å²) in [5, 5.41) is 7.93. The quantitative estimate of drug-likeness (QED) is 0.287. The van der Waals surface area contributed by atoms with Gasteiger partial charge in [-0.2, -0.15) is 0 Å². The lowest BCUT2D eigenvalue weighted by atomic mass is 9.96. The number of hydrogen-bond donors (Lipinski definition) is 2. The van der Waals surface area contributed by atoms with Gasteiger partial charge < -0.3 is 20.3 Å². The first-order valence-corrected chi connectivity index (χ1v) is 14.0. The van der Waals surface area contributed by atoms with E-state index in [1.165, 1.54) is 0 Å². The van der Waals surface area contributed by atoms with Crippen molar-refractivity contribution < 1.29 is 19.1 Å². The van der Waals surface area contributed by atoms with Gasteiger partial charge in [0.05, 0.1) is 0 Å². The maximum atomic E-state index is 14.2. The number of fused-ring (bicyclic) bond motifs is 1. The summed E-state index contributed by atoms with van der Waals surface area (Å²) in [7, 11) is 0. The van der Waals surface area contributed by atoms with E-state index in [0.717, 1.165) is 21.9 Å². The molecule has 7 heteroatoms. The van der Waals surface area contributed by atoms with E-state index in [1.54, 1.807) is 25.7 Å². The molecule has 0 aliphatic heterocycles. The molecule has 0 saturated carbocycles. The third-order valence-electron chi connectivity index (χ3n) is 6.50. The highest BCUT2D eigenvalue weighted by atomic mass is 16.6. The molecule has 3 rings (SSSR count). The highest BCUT2D eigenvalue weighted by Crippen LogP contribution is 2.29. The number of nitrogens with zero attached hydrogens (tertiary/aromatic N) is 1.